The van der Waals surface area contributed by atoms with Crippen molar-refractivity contribution in [1.82, 2.24) is 0 Å². The van der Waals surface area contributed by atoms with Crippen LogP contribution in [0.5, 0.6) is 0 Å². The summed E-state index contributed by atoms with van der Waals surface area (Å²) < 4.78 is 5.81. The Kier molecular flexibility index (Phi) is 5.22. The zero-order valence-electron chi connectivity index (χ0n) is 10.9. The van der Waals surface area contributed by atoms with Crippen molar-refractivity contribution in [1.29, 1.82) is 0 Å². The summed E-state index contributed by atoms with van der Waals surface area (Å²) in [6.07, 6.45) is 1.49. The van der Waals surface area contributed by atoms with Crippen molar-refractivity contribution in [3.63, 3.8) is 0 Å². The second-order valence-electron chi connectivity index (χ2n) is 5.41. The maximum atomic E-state index is 9.97. The fourth-order valence-electron chi connectivity index (χ4n) is 2.44. The summed E-state index contributed by atoms with van der Waals surface area (Å²) in [5.41, 5.74) is 0. The highest BCUT2D eigenvalue weighted by atomic mass is 16.5. The fraction of sp³-hybridized carbons (Fsp3) is 1.00. The van der Waals surface area contributed by atoms with Crippen LogP contribution in [0.1, 0.15) is 47.0 Å². The van der Waals surface area contributed by atoms with Crippen LogP contribution >= 0.6 is 0 Å². The number of hydrogen-bond donors (Lipinski definition) is 2. The Morgan fingerprint density at radius 2 is 1.62 bits per heavy atom. The average Bonchev–Trinajstić information content (AvgIpc) is 2.53. The fourth-order valence-corrected chi connectivity index (χ4v) is 2.44. The molecule has 3 nitrogen and oxygen atoms in total. The molecule has 0 aliphatic carbocycles. The number of unbranched alkanes of at least 4 members (excludes halogenated alkanes) is 1. The third-order valence-corrected chi connectivity index (χ3v) is 3.57. The van der Waals surface area contributed by atoms with E-state index in [2.05, 4.69) is 13.8 Å². The normalized spacial score (nSPS) is 36.9. The van der Waals surface area contributed by atoms with Crippen LogP contribution < -0.4 is 0 Å². The molecule has 2 N–H and O–H groups in total. The van der Waals surface area contributed by atoms with E-state index in [1.165, 1.54) is 0 Å². The number of aliphatic hydroxyl groups excluding tert-OH is 2. The van der Waals surface area contributed by atoms with E-state index < -0.39 is 12.2 Å². The molecule has 0 aromatic rings. The van der Waals surface area contributed by atoms with E-state index in [0.717, 1.165) is 19.3 Å². The van der Waals surface area contributed by atoms with Crippen LogP contribution in [0, 0.1) is 11.8 Å². The molecule has 0 aromatic carbocycles. The van der Waals surface area contributed by atoms with Gasteiger partial charge < -0.3 is 14.9 Å². The maximum Gasteiger partial charge on any atom is 0.109 e. The van der Waals surface area contributed by atoms with Crippen molar-refractivity contribution in [3.8, 4) is 0 Å². The molecule has 3 heteroatoms. The zero-order valence-corrected chi connectivity index (χ0v) is 10.9. The quantitative estimate of drug-likeness (QED) is 0.759. The molecule has 1 rings (SSSR count). The standard InChI is InChI=1S/C13H26O3/c1-5-6-7-9(4)13-11(15)10(14)12(16-13)8(2)3/h8-15H,5-7H2,1-4H3/t9?,10-,11+,12?,13?/m0/s1. The molecule has 96 valence electrons. The van der Waals surface area contributed by atoms with Crippen LogP contribution in [0.4, 0.5) is 0 Å². The minimum Gasteiger partial charge on any atom is -0.388 e. The monoisotopic (exact) mass is 230 g/mol. The van der Waals surface area contributed by atoms with E-state index in [1.807, 2.05) is 13.8 Å². The molecule has 3 unspecified atom stereocenters. The molecule has 1 aliphatic heterocycles. The molecule has 1 fully saturated rings. The average molecular weight is 230 g/mol. The first-order chi connectivity index (χ1) is 7.49. The van der Waals surface area contributed by atoms with Gasteiger partial charge >= 0.3 is 0 Å². The Hall–Kier alpha value is -0.120. The van der Waals surface area contributed by atoms with E-state index in [1.54, 1.807) is 0 Å². The molecule has 0 amide bonds. The van der Waals surface area contributed by atoms with Gasteiger partial charge in [-0.3, -0.25) is 0 Å². The Bertz CT molecular complexity index is 205. The predicted octanol–water partition coefficient (Wildman–Crippen LogP) is 1.96. The van der Waals surface area contributed by atoms with Gasteiger partial charge in [-0.25, -0.2) is 0 Å². The molecule has 0 radical (unpaired) electrons. The van der Waals surface area contributed by atoms with Crippen LogP contribution in [0.25, 0.3) is 0 Å². The van der Waals surface area contributed by atoms with Crippen LogP contribution in [0.15, 0.2) is 0 Å². The molecule has 1 aliphatic rings. The van der Waals surface area contributed by atoms with Crippen molar-refractivity contribution in [2.45, 2.75) is 71.4 Å². The molecular formula is C13H26O3. The van der Waals surface area contributed by atoms with Crippen molar-refractivity contribution >= 4 is 0 Å². The van der Waals surface area contributed by atoms with Crippen molar-refractivity contribution < 1.29 is 14.9 Å². The highest BCUT2D eigenvalue weighted by Gasteiger charge is 2.45. The molecule has 5 atom stereocenters. The van der Waals surface area contributed by atoms with E-state index >= 15 is 0 Å². The van der Waals surface area contributed by atoms with Crippen LogP contribution in [0.2, 0.25) is 0 Å². The van der Waals surface area contributed by atoms with Gasteiger partial charge in [-0.05, 0) is 18.3 Å². The lowest BCUT2D eigenvalue weighted by Crippen LogP contribution is -2.36. The predicted molar refractivity (Wildman–Crippen MR) is 64.2 cm³/mol. The van der Waals surface area contributed by atoms with Gasteiger partial charge in [0, 0.05) is 0 Å². The van der Waals surface area contributed by atoms with Crippen LogP contribution in [-0.4, -0.2) is 34.6 Å². The topological polar surface area (TPSA) is 49.7 Å². The first kappa shape index (κ1) is 13.9. The maximum absolute atomic E-state index is 9.97. The van der Waals surface area contributed by atoms with Gasteiger partial charge in [-0.2, -0.15) is 0 Å². The van der Waals surface area contributed by atoms with E-state index in [0.29, 0.717) is 5.92 Å². The Labute approximate surface area is 98.8 Å². The summed E-state index contributed by atoms with van der Waals surface area (Å²) in [6.45, 7) is 8.28. The van der Waals surface area contributed by atoms with Crippen LogP contribution in [-0.2, 0) is 4.74 Å². The van der Waals surface area contributed by atoms with Crippen molar-refractivity contribution in [3.05, 3.63) is 0 Å². The molecular weight excluding hydrogens is 204 g/mol. The minimum absolute atomic E-state index is 0.200. The van der Waals surface area contributed by atoms with Gasteiger partial charge in [0.15, 0.2) is 0 Å². The Morgan fingerprint density at radius 1 is 1.06 bits per heavy atom. The van der Waals surface area contributed by atoms with Gasteiger partial charge in [-0.15, -0.1) is 0 Å². The molecule has 0 saturated carbocycles. The van der Waals surface area contributed by atoms with Crippen molar-refractivity contribution in [2.75, 3.05) is 0 Å². The zero-order chi connectivity index (χ0) is 12.3. The van der Waals surface area contributed by atoms with Gasteiger partial charge in [0.05, 0.1) is 12.2 Å². The highest BCUT2D eigenvalue weighted by Crippen LogP contribution is 2.32. The lowest BCUT2D eigenvalue weighted by Gasteiger charge is -2.22. The molecule has 0 aromatic heterocycles. The van der Waals surface area contributed by atoms with Gasteiger partial charge in [-0.1, -0.05) is 40.5 Å². The second-order valence-corrected chi connectivity index (χ2v) is 5.41. The smallest absolute Gasteiger partial charge is 0.109 e. The lowest BCUT2D eigenvalue weighted by atomic mass is 9.92. The summed E-state index contributed by atoms with van der Waals surface area (Å²) in [5, 5.41) is 19.9. The molecule has 0 bridgehead atoms. The number of hydrogen-bond acceptors (Lipinski definition) is 3. The highest BCUT2D eigenvalue weighted by molar-refractivity contribution is 4.93. The first-order valence-electron chi connectivity index (χ1n) is 6.50. The van der Waals surface area contributed by atoms with E-state index in [9.17, 15) is 10.2 Å². The SMILES string of the molecule is CCCCC(C)C1OC(C(C)C)[C@@H](O)[C@H]1O. The number of rotatable bonds is 5. The van der Waals surface area contributed by atoms with Gasteiger partial charge in [0.1, 0.15) is 12.2 Å². The Morgan fingerprint density at radius 3 is 2.06 bits per heavy atom. The summed E-state index contributed by atoms with van der Waals surface area (Å²) >= 11 is 0. The van der Waals surface area contributed by atoms with Gasteiger partial charge in [0.25, 0.3) is 0 Å². The summed E-state index contributed by atoms with van der Waals surface area (Å²) in [4.78, 5) is 0. The molecule has 16 heavy (non-hydrogen) atoms. The van der Waals surface area contributed by atoms with Crippen molar-refractivity contribution in [2.24, 2.45) is 11.8 Å². The number of aliphatic hydroxyl groups is 2. The van der Waals surface area contributed by atoms with Gasteiger partial charge in [0.2, 0.25) is 0 Å². The minimum atomic E-state index is -0.728. The van der Waals surface area contributed by atoms with E-state index in [-0.39, 0.29) is 18.1 Å². The van der Waals surface area contributed by atoms with E-state index in [4.69, 9.17) is 4.74 Å². The summed E-state index contributed by atoms with van der Waals surface area (Å²) in [5.74, 6) is 0.557. The third-order valence-electron chi connectivity index (χ3n) is 3.57. The number of ether oxygens (including phenoxy) is 1. The third kappa shape index (κ3) is 2.96. The summed E-state index contributed by atoms with van der Waals surface area (Å²) in [7, 11) is 0. The largest absolute Gasteiger partial charge is 0.388 e. The molecule has 1 heterocycles. The second kappa shape index (κ2) is 5.99. The first-order valence-corrected chi connectivity index (χ1v) is 6.50. The molecule has 1 saturated heterocycles. The van der Waals surface area contributed by atoms with Crippen LogP contribution in [0.3, 0.4) is 0 Å². The molecule has 0 spiro atoms. The summed E-state index contributed by atoms with van der Waals surface area (Å²) in [6, 6.07) is 0. The lowest BCUT2D eigenvalue weighted by molar-refractivity contribution is -0.0391. The Balaban J connectivity index is 2.55.